The first-order chi connectivity index (χ1) is 7.70. The summed E-state index contributed by atoms with van der Waals surface area (Å²) in [6.07, 6.45) is 2.37. The van der Waals surface area contributed by atoms with Crippen LogP contribution in [0.3, 0.4) is 0 Å². The van der Waals surface area contributed by atoms with Gasteiger partial charge in [0, 0.05) is 12.0 Å². The van der Waals surface area contributed by atoms with Crippen LogP contribution in [0.25, 0.3) is 6.08 Å². The van der Waals surface area contributed by atoms with Gasteiger partial charge in [-0.15, -0.1) is 0 Å². The van der Waals surface area contributed by atoms with Crippen molar-refractivity contribution in [3.63, 3.8) is 0 Å². The van der Waals surface area contributed by atoms with Crippen molar-refractivity contribution in [1.82, 2.24) is 0 Å². The van der Waals surface area contributed by atoms with Crippen molar-refractivity contribution in [2.45, 2.75) is 6.42 Å². The Hall–Kier alpha value is -1.97. The summed E-state index contributed by atoms with van der Waals surface area (Å²) in [6.45, 7) is 0.444. The van der Waals surface area contributed by atoms with Gasteiger partial charge in [-0.1, -0.05) is 6.07 Å². The summed E-state index contributed by atoms with van der Waals surface area (Å²) < 4.78 is 9.81. The molecule has 1 aliphatic heterocycles. The van der Waals surface area contributed by atoms with Crippen molar-refractivity contribution >= 4 is 12.0 Å². The number of carbonyl (C=O) groups is 1. The molecule has 0 unspecified atom stereocenters. The van der Waals surface area contributed by atoms with Gasteiger partial charge in [0.2, 0.25) is 0 Å². The maximum atomic E-state index is 11.2. The zero-order valence-electron chi connectivity index (χ0n) is 8.90. The lowest BCUT2D eigenvalue weighted by Crippen LogP contribution is -1.94. The van der Waals surface area contributed by atoms with Gasteiger partial charge >= 0.3 is 5.97 Å². The number of cyclic esters (lactones) is 1. The van der Waals surface area contributed by atoms with Gasteiger partial charge in [-0.2, -0.15) is 0 Å². The molecule has 1 aromatic rings. The lowest BCUT2D eigenvalue weighted by atomic mass is 10.1. The molecule has 16 heavy (non-hydrogen) atoms. The van der Waals surface area contributed by atoms with Gasteiger partial charge in [0.1, 0.15) is 0 Å². The van der Waals surface area contributed by atoms with E-state index in [9.17, 15) is 9.90 Å². The quantitative estimate of drug-likeness (QED) is 0.609. The summed E-state index contributed by atoms with van der Waals surface area (Å²) in [5.41, 5.74) is 1.45. The van der Waals surface area contributed by atoms with E-state index in [1.54, 1.807) is 18.2 Å². The third kappa shape index (κ3) is 2.00. The number of aromatic hydroxyl groups is 1. The summed E-state index contributed by atoms with van der Waals surface area (Å²) >= 11 is 0. The highest BCUT2D eigenvalue weighted by molar-refractivity contribution is 5.95. The van der Waals surface area contributed by atoms with Gasteiger partial charge in [-0.3, -0.25) is 0 Å². The number of benzene rings is 1. The smallest absolute Gasteiger partial charge is 0.334 e. The highest BCUT2D eigenvalue weighted by Crippen LogP contribution is 2.28. The molecule has 0 spiro atoms. The standard InChI is InChI=1S/C12H12O4/c1-15-11-7-8(2-3-10(11)13)6-9-4-5-16-12(9)14/h2-3,6-7,13H,4-5H2,1H3. The second-order valence-corrected chi connectivity index (χ2v) is 3.49. The molecular weight excluding hydrogens is 208 g/mol. The average molecular weight is 220 g/mol. The summed E-state index contributed by atoms with van der Waals surface area (Å²) in [7, 11) is 1.48. The molecule has 4 heteroatoms. The van der Waals surface area contributed by atoms with E-state index < -0.39 is 0 Å². The topological polar surface area (TPSA) is 55.8 Å². The molecule has 1 aromatic carbocycles. The van der Waals surface area contributed by atoms with Crippen LogP contribution in [0.15, 0.2) is 23.8 Å². The molecule has 0 bridgehead atoms. The molecule has 1 fully saturated rings. The first-order valence-electron chi connectivity index (χ1n) is 4.95. The maximum Gasteiger partial charge on any atom is 0.334 e. The van der Waals surface area contributed by atoms with Crippen LogP contribution in [0.4, 0.5) is 0 Å². The number of methoxy groups -OCH3 is 1. The van der Waals surface area contributed by atoms with Gasteiger partial charge < -0.3 is 14.6 Å². The van der Waals surface area contributed by atoms with Crippen LogP contribution in [-0.2, 0) is 9.53 Å². The Morgan fingerprint density at radius 2 is 2.31 bits per heavy atom. The number of ether oxygens (including phenoxy) is 2. The second-order valence-electron chi connectivity index (χ2n) is 3.49. The molecular formula is C12H12O4. The van der Waals surface area contributed by atoms with E-state index in [1.165, 1.54) is 13.2 Å². The molecule has 0 aromatic heterocycles. The number of carbonyl (C=O) groups excluding carboxylic acids is 1. The minimum atomic E-state index is -0.271. The fraction of sp³-hybridized carbons (Fsp3) is 0.250. The summed E-state index contributed by atoms with van der Waals surface area (Å²) in [6, 6.07) is 4.93. The molecule has 1 saturated heterocycles. The van der Waals surface area contributed by atoms with Crippen LogP contribution < -0.4 is 4.74 Å². The predicted molar refractivity (Wildman–Crippen MR) is 58.2 cm³/mol. The SMILES string of the molecule is COc1cc(C=C2CCOC2=O)ccc1O. The number of phenols is 1. The van der Waals surface area contributed by atoms with Gasteiger partial charge in [0.05, 0.1) is 13.7 Å². The molecule has 4 nitrogen and oxygen atoms in total. The highest BCUT2D eigenvalue weighted by Gasteiger charge is 2.18. The summed E-state index contributed by atoms with van der Waals surface area (Å²) in [5.74, 6) is 0.200. The normalized spacial score (nSPS) is 17.6. The van der Waals surface area contributed by atoms with Crippen LogP contribution >= 0.6 is 0 Å². The number of rotatable bonds is 2. The van der Waals surface area contributed by atoms with Crippen LogP contribution in [0.1, 0.15) is 12.0 Å². The molecule has 84 valence electrons. The van der Waals surface area contributed by atoms with Crippen molar-refractivity contribution in [3.8, 4) is 11.5 Å². The van der Waals surface area contributed by atoms with Crippen molar-refractivity contribution in [2.24, 2.45) is 0 Å². The lowest BCUT2D eigenvalue weighted by molar-refractivity contribution is -0.134. The number of esters is 1. The molecule has 0 radical (unpaired) electrons. The van der Waals surface area contributed by atoms with Crippen LogP contribution in [-0.4, -0.2) is 24.8 Å². The van der Waals surface area contributed by atoms with Gasteiger partial charge in [-0.05, 0) is 23.8 Å². The molecule has 1 N–H and O–H groups in total. The van der Waals surface area contributed by atoms with Crippen molar-refractivity contribution in [3.05, 3.63) is 29.3 Å². The van der Waals surface area contributed by atoms with E-state index in [0.29, 0.717) is 24.4 Å². The van der Waals surface area contributed by atoms with Crippen molar-refractivity contribution < 1.29 is 19.4 Å². The van der Waals surface area contributed by atoms with Gasteiger partial charge in [0.25, 0.3) is 0 Å². The zero-order chi connectivity index (χ0) is 11.5. The molecule has 0 atom stereocenters. The Bertz CT molecular complexity index is 448. The lowest BCUT2D eigenvalue weighted by Gasteiger charge is -2.03. The Labute approximate surface area is 93.1 Å². The Morgan fingerprint density at radius 3 is 2.94 bits per heavy atom. The van der Waals surface area contributed by atoms with Crippen LogP contribution in [0.5, 0.6) is 11.5 Å². The minimum Gasteiger partial charge on any atom is -0.504 e. The van der Waals surface area contributed by atoms with Crippen LogP contribution in [0, 0.1) is 0 Å². The van der Waals surface area contributed by atoms with Gasteiger partial charge in [0.15, 0.2) is 11.5 Å². The molecule has 1 heterocycles. The van der Waals surface area contributed by atoms with Crippen LogP contribution in [0.2, 0.25) is 0 Å². The third-order valence-electron chi connectivity index (χ3n) is 2.41. The Balaban J connectivity index is 2.31. The first kappa shape index (κ1) is 10.5. The van der Waals surface area contributed by atoms with E-state index in [2.05, 4.69) is 0 Å². The number of hydrogen-bond donors (Lipinski definition) is 1. The van der Waals surface area contributed by atoms with E-state index in [-0.39, 0.29) is 11.7 Å². The number of phenolic OH excluding ortho intramolecular Hbond substituents is 1. The van der Waals surface area contributed by atoms with Crippen molar-refractivity contribution in [1.29, 1.82) is 0 Å². The van der Waals surface area contributed by atoms with E-state index in [0.717, 1.165) is 5.56 Å². The monoisotopic (exact) mass is 220 g/mol. The fourth-order valence-corrected chi connectivity index (χ4v) is 1.56. The molecule has 0 aliphatic carbocycles. The fourth-order valence-electron chi connectivity index (χ4n) is 1.56. The maximum absolute atomic E-state index is 11.2. The van der Waals surface area contributed by atoms with E-state index in [4.69, 9.17) is 9.47 Å². The Morgan fingerprint density at radius 1 is 1.50 bits per heavy atom. The summed E-state index contributed by atoms with van der Waals surface area (Å²) in [4.78, 5) is 11.2. The molecule has 2 rings (SSSR count). The zero-order valence-corrected chi connectivity index (χ0v) is 8.90. The Kier molecular flexibility index (Phi) is 2.81. The van der Waals surface area contributed by atoms with Crippen molar-refractivity contribution in [2.75, 3.05) is 13.7 Å². The summed E-state index contributed by atoms with van der Waals surface area (Å²) in [5, 5.41) is 9.41. The van der Waals surface area contributed by atoms with E-state index >= 15 is 0 Å². The van der Waals surface area contributed by atoms with Gasteiger partial charge in [-0.25, -0.2) is 4.79 Å². The largest absolute Gasteiger partial charge is 0.504 e. The number of hydrogen-bond acceptors (Lipinski definition) is 4. The molecule has 0 saturated carbocycles. The molecule has 0 amide bonds. The second kappa shape index (κ2) is 4.26. The third-order valence-corrected chi connectivity index (χ3v) is 2.41. The minimum absolute atomic E-state index is 0.0821. The predicted octanol–water partition coefficient (Wildman–Crippen LogP) is 1.73. The van der Waals surface area contributed by atoms with E-state index in [1.807, 2.05) is 0 Å². The first-order valence-corrected chi connectivity index (χ1v) is 4.95. The average Bonchev–Trinajstić information content (AvgIpc) is 2.67. The molecule has 1 aliphatic rings. The highest BCUT2D eigenvalue weighted by atomic mass is 16.5.